The Bertz CT molecular complexity index is 756. The summed E-state index contributed by atoms with van der Waals surface area (Å²) in [5.74, 6) is -0.182. The maximum atomic E-state index is 12.6. The van der Waals surface area contributed by atoms with Crippen LogP contribution in [0.4, 0.5) is 0 Å². The van der Waals surface area contributed by atoms with Crippen molar-refractivity contribution in [2.45, 2.75) is 39.2 Å². The first-order chi connectivity index (χ1) is 13.9. The van der Waals surface area contributed by atoms with E-state index in [2.05, 4.69) is 10.6 Å². The molecule has 0 radical (unpaired) electrons. The normalized spacial score (nSPS) is 15.7. The van der Waals surface area contributed by atoms with Gasteiger partial charge in [-0.25, -0.2) is 0 Å². The molecule has 1 unspecified atom stereocenters. The summed E-state index contributed by atoms with van der Waals surface area (Å²) in [7, 11) is 1.54. The molecule has 1 saturated heterocycles. The SMILES string of the molecule is CCCOc1c(Cl)cc(C(=O)NCC(=O)N2CCCC2C(=O)NC)cc1OCC. The van der Waals surface area contributed by atoms with Gasteiger partial charge in [0.2, 0.25) is 11.8 Å². The van der Waals surface area contributed by atoms with E-state index in [4.69, 9.17) is 21.1 Å². The standard InChI is InChI=1S/C20H28ClN3O5/c1-4-9-29-18-14(21)10-13(11-16(18)28-5-2)19(26)23-12-17(25)24-8-6-7-15(24)20(27)22-3/h10-11,15H,4-9,12H2,1-3H3,(H,22,27)(H,23,26). The minimum atomic E-state index is -0.488. The van der Waals surface area contributed by atoms with Crippen molar-refractivity contribution in [3.63, 3.8) is 0 Å². The number of carbonyl (C=O) groups excluding carboxylic acids is 3. The number of likely N-dealkylation sites (tertiary alicyclic amines) is 1. The second kappa shape index (κ2) is 10.9. The van der Waals surface area contributed by atoms with Crippen LogP contribution in [0.3, 0.4) is 0 Å². The van der Waals surface area contributed by atoms with E-state index in [9.17, 15) is 14.4 Å². The third kappa shape index (κ3) is 5.76. The summed E-state index contributed by atoms with van der Waals surface area (Å²) in [6, 6.07) is 2.54. The molecule has 8 nitrogen and oxygen atoms in total. The maximum absolute atomic E-state index is 12.6. The van der Waals surface area contributed by atoms with Gasteiger partial charge < -0.3 is 25.0 Å². The zero-order valence-corrected chi connectivity index (χ0v) is 17.8. The Morgan fingerprint density at radius 1 is 1.24 bits per heavy atom. The highest BCUT2D eigenvalue weighted by Crippen LogP contribution is 2.36. The molecule has 2 rings (SSSR count). The summed E-state index contributed by atoms with van der Waals surface area (Å²) in [5.41, 5.74) is 0.263. The highest BCUT2D eigenvalue weighted by atomic mass is 35.5. The highest BCUT2D eigenvalue weighted by Gasteiger charge is 2.33. The molecular formula is C20H28ClN3O5. The summed E-state index contributed by atoms with van der Waals surface area (Å²) < 4.78 is 11.2. The van der Waals surface area contributed by atoms with Crippen LogP contribution in [0.15, 0.2) is 12.1 Å². The average Bonchev–Trinajstić information content (AvgIpc) is 3.20. The number of ether oxygens (including phenoxy) is 2. The molecule has 29 heavy (non-hydrogen) atoms. The summed E-state index contributed by atoms with van der Waals surface area (Å²) in [6.07, 6.45) is 2.18. The van der Waals surface area contributed by atoms with Gasteiger partial charge in [0.05, 0.1) is 24.8 Å². The highest BCUT2D eigenvalue weighted by molar-refractivity contribution is 6.32. The lowest BCUT2D eigenvalue weighted by Gasteiger charge is -2.23. The zero-order chi connectivity index (χ0) is 21.4. The molecule has 1 aromatic carbocycles. The molecule has 1 atom stereocenters. The van der Waals surface area contributed by atoms with Crippen molar-refractivity contribution in [3.8, 4) is 11.5 Å². The molecule has 160 valence electrons. The van der Waals surface area contributed by atoms with Crippen LogP contribution < -0.4 is 20.1 Å². The van der Waals surface area contributed by atoms with Gasteiger partial charge in [-0.05, 0) is 38.3 Å². The van der Waals surface area contributed by atoms with Crippen molar-refractivity contribution in [2.24, 2.45) is 0 Å². The van der Waals surface area contributed by atoms with Crippen LogP contribution in [-0.4, -0.2) is 62.0 Å². The van der Waals surface area contributed by atoms with Crippen molar-refractivity contribution in [1.82, 2.24) is 15.5 Å². The Kier molecular flexibility index (Phi) is 8.57. The number of nitrogens with zero attached hydrogens (tertiary/aromatic N) is 1. The van der Waals surface area contributed by atoms with Crippen LogP contribution in [0.1, 0.15) is 43.5 Å². The van der Waals surface area contributed by atoms with Crippen molar-refractivity contribution < 1.29 is 23.9 Å². The first-order valence-electron chi connectivity index (χ1n) is 9.81. The van der Waals surface area contributed by atoms with Gasteiger partial charge in [-0.15, -0.1) is 0 Å². The smallest absolute Gasteiger partial charge is 0.251 e. The molecule has 1 aromatic rings. The van der Waals surface area contributed by atoms with Crippen LogP contribution in [0.5, 0.6) is 11.5 Å². The molecule has 0 spiro atoms. The van der Waals surface area contributed by atoms with Crippen LogP contribution in [0.25, 0.3) is 0 Å². The van der Waals surface area contributed by atoms with E-state index in [1.807, 2.05) is 13.8 Å². The van der Waals surface area contributed by atoms with Gasteiger partial charge in [0, 0.05) is 19.2 Å². The quantitative estimate of drug-likeness (QED) is 0.630. The van der Waals surface area contributed by atoms with Crippen molar-refractivity contribution in [3.05, 3.63) is 22.7 Å². The summed E-state index contributed by atoms with van der Waals surface area (Å²) in [5, 5.41) is 5.43. The molecule has 0 aliphatic carbocycles. The molecule has 1 heterocycles. The fraction of sp³-hybridized carbons (Fsp3) is 0.550. The maximum Gasteiger partial charge on any atom is 0.251 e. The number of likely N-dealkylation sites (N-methyl/N-ethyl adjacent to an activating group) is 1. The lowest BCUT2D eigenvalue weighted by atomic mass is 10.2. The van der Waals surface area contributed by atoms with Crippen LogP contribution in [0, 0.1) is 0 Å². The number of amides is 3. The van der Waals surface area contributed by atoms with Crippen molar-refractivity contribution >= 4 is 29.3 Å². The van der Waals surface area contributed by atoms with E-state index in [0.29, 0.717) is 37.7 Å². The van der Waals surface area contributed by atoms with Gasteiger partial charge in [0.25, 0.3) is 5.91 Å². The first kappa shape index (κ1) is 22.8. The Labute approximate surface area is 175 Å². The number of hydrogen-bond donors (Lipinski definition) is 2. The van der Waals surface area contributed by atoms with E-state index >= 15 is 0 Å². The molecular weight excluding hydrogens is 398 g/mol. The van der Waals surface area contributed by atoms with Crippen LogP contribution in [0.2, 0.25) is 5.02 Å². The lowest BCUT2D eigenvalue weighted by molar-refractivity contribution is -0.137. The third-order valence-corrected chi connectivity index (χ3v) is 4.83. The molecule has 2 N–H and O–H groups in total. The van der Waals surface area contributed by atoms with E-state index in [1.165, 1.54) is 11.0 Å². The molecule has 1 fully saturated rings. The van der Waals surface area contributed by atoms with Crippen molar-refractivity contribution in [1.29, 1.82) is 0 Å². The Hall–Kier alpha value is -2.48. The monoisotopic (exact) mass is 425 g/mol. The number of nitrogens with one attached hydrogen (secondary N) is 2. The minimum absolute atomic E-state index is 0.196. The van der Waals surface area contributed by atoms with E-state index in [1.54, 1.807) is 13.1 Å². The fourth-order valence-corrected chi connectivity index (χ4v) is 3.44. The summed E-state index contributed by atoms with van der Waals surface area (Å²) >= 11 is 6.28. The van der Waals surface area contributed by atoms with Gasteiger partial charge in [-0.3, -0.25) is 14.4 Å². The number of carbonyl (C=O) groups is 3. The number of benzene rings is 1. The molecule has 0 bridgehead atoms. The predicted octanol–water partition coefficient (Wildman–Crippen LogP) is 1.99. The summed E-state index contributed by atoms with van der Waals surface area (Å²) in [6.45, 7) is 4.95. The van der Waals surface area contributed by atoms with E-state index in [-0.39, 0.29) is 28.9 Å². The minimum Gasteiger partial charge on any atom is -0.490 e. The molecule has 0 saturated carbocycles. The van der Waals surface area contributed by atoms with Crippen LogP contribution in [-0.2, 0) is 9.59 Å². The number of hydrogen-bond acceptors (Lipinski definition) is 5. The average molecular weight is 426 g/mol. The topological polar surface area (TPSA) is 97.0 Å². The van der Waals surface area contributed by atoms with Gasteiger partial charge in [0.15, 0.2) is 11.5 Å². The zero-order valence-electron chi connectivity index (χ0n) is 17.0. The van der Waals surface area contributed by atoms with Gasteiger partial charge in [0.1, 0.15) is 6.04 Å². The van der Waals surface area contributed by atoms with Crippen LogP contribution >= 0.6 is 11.6 Å². The molecule has 1 aliphatic heterocycles. The Morgan fingerprint density at radius 3 is 2.66 bits per heavy atom. The van der Waals surface area contributed by atoms with E-state index in [0.717, 1.165) is 12.8 Å². The molecule has 0 aromatic heterocycles. The lowest BCUT2D eigenvalue weighted by Crippen LogP contribution is -2.48. The number of rotatable bonds is 9. The molecule has 9 heteroatoms. The third-order valence-electron chi connectivity index (χ3n) is 4.54. The molecule has 1 aliphatic rings. The first-order valence-corrected chi connectivity index (χ1v) is 10.2. The molecule has 3 amide bonds. The second-order valence-electron chi connectivity index (χ2n) is 6.61. The summed E-state index contributed by atoms with van der Waals surface area (Å²) in [4.78, 5) is 38.4. The van der Waals surface area contributed by atoms with Gasteiger partial charge in [-0.2, -0.15) is 0 Å². The largest absolute Gasteiger partial charge is 0.490 e. The van der Waals surface area contributed by atoms with Crippen molar-refractivity contribution in [2.75, 3.05) is 33.4 Å². The fourth-order valence-electron chi connectivity index (χ4n) is 3.17. The Morgan fingerprint density at radius 2 is 2.00 bits per heavy atom. The second-order valence-corrected chi connectivity index (χ2v) is 7.02. The van der Waals surface area contributed by atoms with Gasteiger partial charge >= 0.3 is 0 Å². The van der Waals surface area contributed by atoms with E-state index < -0.39 is 11.9 Å². The Balaban J connectivity index is 2.06. The number of halogens is 1. The van der Waals surface area contributed by atoms with Gasteiger partial charge in [-0.1, -0.05) is 18.5 Å². The predicted molar refractivity (Wildman–Crippen MR) is 110 cm³/mol.